The van der Waals surface area contributed by atoms with Crippen molar-refractivity contribution in [3.63, 3.8) is 0 Å². The number of anilines is 1. The van der Waals surface area contributed by atoms with Crippen molar-refractivity contribution in [1.29, 1.82) is 0 Å². The van der Waals surface area contributed by atoms with Gasteiger partial charge in [-0.15, -0.1) is 5.46 Å². The maximum Gasteiger partial charge on any atom is 1.00 e. The van der Waals surface area contributed by atoms with Gasteiger partial charge in [0.25, 0.3) is 5.69 Å². The Kier molecular flexibility index (Phi) is 16.0. The SMILES string of the molecule is Cc1ccc([B-]2(O)OC[C@H]3O[C@@H](Oc4ccc([N+](=O)[O-])cc4)[C@H](O)[C@@H](O)[C@@H]3O2)cc1N1C(=O)[C@@]2(C)CC(C)(C(=O)OCc3cccc4c3OCCOCCOCCOCCO4)C[C@](C)(C2)C1=O.[Na+]. The van der Waals surface area contributed by atoms with Gasteiger partial charge in [-0.05, 0) is 56.9 Å². The van der Waals surface area contributed by atoms with Gasteiger partial charge in [-0.3, -0.25) is 24.5 Å². The Morgan fingerprint density at radius 3 is 2.10 bits per heavy atom. The van der Waals surface area contributed by atoms with E-state index in [1.54, 1.807) is 52.0 Å². The fourth-order valence-corrected chi connectivity index (χ4v) is 10.1. The molecule has 0 radical (unpaired) electrons. The molecule has 68 heavy (non-hydrogen) atoms. The average molecular weight is 959 g/mol. The van der Waals surface area contributed by atoms with Crippen LogP contribution in [-0.2, 0) is 54.0 Å². The van der Waals surface area contributed by atoms with E-state index >= 15 is 0 Å². The standard InChI is InChI=1S/C46H56BN2O18.Na/c1-28-8-9-30(47(55)64-24-35-39(67-47)36(50)37(51)40(66-35)65-32-12-10-31(11-13-32)49(56)57)22-33(28)48-41(52)44(2)25-45(3,42(48)53)27-46(4,26-44)43(54)63-23-29-6-5-7-34-38(29)62-21-19-60-17-15-58-14-16-59-18-20-61-34;/h5-13,22,35-37,39-40,50-51,55H,14-21,23-27H2,1-4H3;/q-1;+1/t35-,36-,37-,39-,40-,44-,45+,46?,47?;/m1./s1. The number of benzene rings is 3. The largest absolute Gasteiger partial charge is 1.00 e. The summed E-state index contributed by atoms with van der Waals surface area (Å²) in [6.07, 6.45) is -6.76. The monoisotopic (exact) mass is 958 g/mol. The van der Waals surface area contributed by atoms with Gasteiger partial charge >= 0.3 is 42.3 Å². The number of aryl methyl sites for hydroxylation is 1. The summed E-state index contributed by atoms with van der Waals surface area (Å²) < 4.78 is 58.2. The van der Waals surface area contributed by atoms with Crippen molar-refractivity contribution in [2.45, 2.75) is 84.3 Å². The van der Waals surface area contributed by atoms with E-state index in [0.29, 0.717) is 55.7 Å². The van der Waals surface area contributed by atoms with Crippen molar-refractivity contribution in [3.05, 3.63) is 81.9 Å². The first-order valence-electron chi connectivity index (χ1n) is 22.3. The van der Waals surface area contributed by atoms with Gasteiger partial charge < -0.3 is 62.4 Å². The minimum Gasteiger partial charge on any atom is -0.555 e. The normalized spacial score (nSPS) is 32.3. The molecule has 20 nitrogen and oxygen atoms in total. The first-order valence-corrected chi connectivity index (χ1v) is 22.3. The number of para-hydroxylation sites is 1. The van der Waals surface area contributed by atoms with Gasteiger partial charge in [-0.25, -0.2) is 4.90 Å². The van der Waals surface area contributed by atoms with Crippen molar-refractivity contribution in [1.82, 2.24) is 0 Å². The molecule has 2 unspecified atom stereocenters. The molecule has 0 aromatic heterocycles. The summed E-state index contributed by atoms with van der Waals surface area (Å²) in [6, 6.07) is 14.9. The Balaban J connectivity index is 0.00000684. The quantitative estimate of drug-likeness (QED) is 0.0856. The van der Waals surface area contributed by atoms with Crippen LogP contribution in [0.2, 0.25) is 0 Å². The molecule has 3 aromatic rings. The van der Waals surface area contributed by atoms with Crippen LogP contribution in [0.3, 0.4) is 0 Å². The fourth-order valence-electron chi connectivity index (χ4n) is 10.1. The zero-order chi connectivity index (χ0) is 47.7. The first kappa shape index (κ1) is 51.6. The summed E-state index contributed by atoms with van der Waals surface area (Å²) in [5.74, 6) is -0.689. The molecule has 4 aliphatic heterocycles. The number of ether oxygens (including phenoxy) is 8. The topological polar surface area (TPSA) is 251 Å². The van der Waals surface area contributed by atoms with Crippen LogP contribution in [0.1, 0.15) is 51.2 Å². The minimum absolute atomic E-state index is 0. The number of imide groups is 1. The first-order chi connectivity index (χ1) is 31.9. The van der Waals surface area contributed by atoms with Gasteiger partial charge in [-0.1, -0.05) is 44.2 Å². The molecule has 4 fully saturated rings. The number of nitrogens with zero attached hydrogens (tertiary/aromatic N) is 2. The molecule has 5 aliphatic rings. The van der Waals surface area contributed by atoms with Crippen LogP contribution in [-0.4, -0.2) is 135 Å². The molecule has 3 aromatic carbocycles. The summed E-state index contributed by atoms with van der Waals surface area (Å²) in [6.45, 7) is 5.71. The van der Waals surface area contributed by atoms with E-state index in [4.69, 9.17) is 47.2 Å². The number of esters is 1. The molecule has 9 atom stereocenters. The summed E-state index contributed by atoms with van der Waals surface area (Å²) in [5, 5.41) is 45.2. The van der Waals surface area contributed by atoms with Crippen LogP contribution in [0.15, 0.2) is 60.7 Å². The van der Waals surface area contributed by atoms with E-state index in [9.17, 15) is 39.7 Å². The number of carbonyl (C=O) groups is 3. The van der Waals surface area contributed by atoms with E-state index in [-0.39, 0.29) is 104 Å². The Hall–Kier alpha value is -4.23. The molecular weight excluding hydrogens is 902 g/mol. The molecule has 1 saturated carbocycles. The molecule has 0 spiro atoms. The van der Waals surface area contributed by atoms with Gasteiger partial charge in [0.05, 0.1) is 61.8 Å². The van der Waals surface area contributed by atoms with Crippen LogP contribution < -0.4 is 54.1 Å². The summed E-state index contributed by atoms with van der Waals surface area (Å²) in [5.41, 5.74) is -2.54. The number of rotatable bonds is 8. The van der Waals surface area contributed by atoms with Gasteiger partial charge in [0, 0.05) is 35.1 Å². The number of nitro groups is 1. The number of aliphatic hydroxyl groups is 2. The number of fused-ring (bicyclic) bond motifs is 4. The van der Waals surface area contributed by atoms with Crippen LogP contribution in [0.25, 0.3) is 0 Å². The molecule has 2 amide bonds. The third-order valence-electron chi connectivity index (χ3n) is 13.1. The van der Waals surface area contributed by atoms with Crippen molar-refractivity contribution in [2.24, 2.45) is 16.2 Å². The molecule has 3 N–H and O–H groups in total. The van der Waals surface area contributed by atoms with E-state index in [0.717, 1.165) is 4.90 Å². The Bertz CT molecular complexity index is 2310. The van der Waals surface area contributed by atoms with Crippen molar-refractivity contribution >= 4 is 41.4 Å². The zero-order valence-corrected chi connectivity index (χ0v) is 40.8. The summed E-state index contributed by atoms with van der Waals surface area (Å²) >= 11 is 0. The smallest absolute Gasteiger partial charge is 0.555 e. The van der Waals surface area contributed by atoms with Crippen LogP contribution >= 0.6 is 0 Å². The molecule has 2 bridgehead atoms. The number of amides is 2. The van der Waals surface area contributed by atoms with E-state index in [1.807, 2.05) is 0 Å². The Morgan fingerprint density at radius 1 is 0.853 bits per heavy atom. The predicted octanol–water partition coefficient (Wildman–Crippen LogP) is -0.373. The van der Waals surface area contributed by atoms with Gasteiger partial charge in [0.1, 0.15) is 43.9 Å². The molecule has 3 saturated heterocycles. The average Bonchev–Trinajstić information content (AvgIpc) is 3.30. The zero-order valence-electron chi connectivity index (χ0n) is 38.8. The molecule has 362 valence electrons. The van der Waals surface area contributed by atoms with Crippen LogP contribution in [0.5, 0.6) is 17.2 Å². The molecule has 1 aliphatic carbocycles. The third-order valence-corrected chi connectivity index (χ3v) is 13.1. The molecule has 8 rings (SSSR count). The maximum absolute atomic E-state index is 14.7. The number of piperidine rings is 1. The number of nitro benzene ring substituents is 1. The number of hydrogen-bond acceptors (Lipinski definition) is 18. The Labute approximate surface area is 414 Å². The molecule has 4 heterocycles. The van der Waals surface area contributed by atoms with E-state index < -0.39 is 76.4 Å². The second kappa shape index (κ2) is 21.0. The summed E-state index contributed by atoms with van der Waals surface area (Å²) in [4.78, 5) is 55.3. The number of aliphatic hydroxyl groups excluding tert-OH is 2. The fraction of sp³-hybridized carbons (Fsp3) is 0.543. The second-order valence-corrected chi connectivity index (χ2v) is 18.6. The Morgan fingerprint density at radius 2 is 1.47 bits per heavy atom. The maximum atomic E-state index is 14.7. The van der Waals surface area contributed by atoms with Gasteiger partial charge in [0.2, 0.25) is 18.1 Å². The molecule has 22 heteroatoms. The van der Waals surface area contributed by atoms with Crippen molar-refractivity contribution in [2.75, 3.05) is 64.4 Å². The van der Waals surface area contributed by atoms with Crippen molar-refractivity contribution < 1.29 is 111 Å². The number of hydrogen-bond donors (Lipinski definition) is 3. The van der Waals surface area contributed by atoms with Crippen molar-refractivity contribution in [3.8, 4) is 17.2 Å². The second-order valence-electron chi connectivity index (χ2n) is 18.6. The van der Waals surface area contributed by atoms with Crippen LogP contribution in [0, 0.1) is 33.3 Å². The molecular formula is C46H56BN2NaO18. The van der Waals surface area contributed by atoms with Gasteiger partial charge in [-0.2, -0.15) is 0 Å². The number of carbonyl (C=O) groups excluding carboxylic acids is 3. The van der Waals surface area contributed by atoms with E-state index in [2.05, 4.69) is 0 Å². The van der Waals surface area contributed by atoms with Crippen LogP contribution in [0.4, 0.5) is 11.4 Å². The summed E-state index contributed by atoms with van der Waals surface area (Å²) in [7, 11) is 0. The van der Waals surface area contributed by atoms with Gasteiger partial charge in [0.15, 0.2) is 11.5 Å². The predicted molar refractivity (Wildman–Crippen MR) is 234 cm³/mol. The number of non-ortho nitro benzene ring substituents is 1. The minimum atomic E-state index is -3.39. The third kappa shape index (κ3) is 10.6. The van der Waals surface area contributed by atoms with E-state index in [1.165, 1.54) is 36.4 Å².